The summed E-state index contributed by atoms with van der Waals surface area (Å²) in [7, 11) is 1.35. The van der Waals surface area contributed by atoms with Crippen LogP contribution in [-0.2, 0) is 0 Å². The van der Waals surface area contributed by atoms with Crippen molar-refractivity contribution in [2.45, 2.75) is 0 Å². The molecule has 0 unspecified atom stereocenters. The van der Waals surface area contributed by atoms with Crippen LogP contribution < -0.4 is 4.74 Å². The standard InChI is InChI=1S/C14H10F2O3/c1-19-13-5-3-9(7-12(13)16)8-2-4-10(14(17)18)11(15)6-8/h2-7H,1H3,(H,17,18). The van der Waals surface area contributed by atoms with Crippen LogP contribution in [0.3, 0.4) is 0 Å². The fraction of sp³-hybridized carbons (Fsp3) is 0.0714. The number of rotatable bonds is 3. The maximum atomic E-state index is 13.5. The van der Waals surface area contributed by atoms with Gasteiger partial charge in [0.15, 0.2) is 11.6 Å². The Labute approximate surface area is 108 Å². The van der Waals surface area contributed by atoms with Crippen LogP contribution in [0.5, 0.6) is 5.75 Å². The van der Waals surface area contributed by atoms with E-state index >= 15 is 0 Å². The van der Waals surface area contributed by atoms with E-state index in [1.807, 2.05) is 0 Å². The number of hydrogen-bond acceptors (Lipinski definition) is 2. The summed E-state index contributed by atoms with van der Waals surface area (Å²) in [6.45, 7) is 0. The molecule has 0 aliphatic rings. The SMILES string of the molecule is COc1ccc(-c2ccc(C(=O)O)c(F)c2)cc1F. The smallest absolute Gasteiger partial charge is 0.338 e. The number of aromatic carboxylic acids is 1. The molecule has 0 heterocycles. The molecule has 0 bridgehead atoms. The molecule has 0 aromatic heterocycles. The minimum Gasteiger partial charge on any atom is -0.494 e. The van der Waals surface area contributed by atoms with Gasteiger partial charge in [-0.2, -0.15) is 0 Å². The lowest BCUT2D eigenvalue weighted by Gasteiger charge is -2.06. The van der Waals surface area contributed by atoms with Crippen LogP contribution >= 0.6 is 0 Å². The lowest BCUT2D eigenvalue weighted by molar-refractivity contribution is 0.0692. The fourth-order valence-electron chi connectivity index (χ4n) is 1.71. The summed E-state index contributed by atoms with van der Waals surface area (Å²) < 4.78 is 31.8. The molecular weight excluding hydrogens is 254 g/mol. The lowest BCUT2D eigenvalue weighted by Crippen LogP contribution is -2.00. The first-order valence-corrected chi connectivity index (χ1v) is 5.39. The Morgan fingerprint density at radius 2 is 1.63 bits per heavy atom. The van der Waals surface area contributed by atoms with Gasteiger partial charge in [-0.25, -0.2) is 13.6 Å². The van der Waals surface area contributed by atoms with Gasteiger partial charge in [0.05, 0.1) is 12.7 Å². The Bertz CT molecular complexity index is 639. The highest BCUT2D eigenvalue weighted by Crippen LogP contribution is 2.26. The van der Waals surface area contributed by atoms with Gasteiger partial charge in [-0.05, 0) is 35.4 Å². The predicted octanol–water partition coefficient (Wildman–Crippen LogP) is 3.34. The topological polar surface area (TPSA) is 46.5 Å². The van der Waals surface area contributed by atoms with Gasteiger partial charge in [-0.1, -0.05) is 12.1 Å². The molecule has 2 rings (SSSR count). The molecule has 0 fully saturated rings. The second-order valence-corrected chi connectivity index (χ2v) is 3.85. The number of carbonyl (C=O) groups is 1. The quantitative estimate of drug-likeness (QED) is 0.924. The molecule has 2 aromatic rings. The molecular formula is C14H10F2O3. The van der Waals surface area contributed by atoms with E-state index < -0.39 is 23.2 Å². The van der Waals surface area contributed by atoms with E-state index in [-0.39, 0.29) is 5.75 Å². The highest BCUT2D eigenvalue weighted by molar-refractivity contribution is 5.88. The number of methoxy groups -OCH3 is 1. The normalized spacial score (nSPS) is 10.3. The van der Waals surface area contributed by atoms with Crippen molar-refractivity contribution in [2.75, 3.05) is 7.11 Å². The Morgan fingerprint density at radius 1 is 1.05 bits per heavy atom. The Hall–Kier alpha value is -2.43. The van der Waals surface area contributed by atoms with Crippen molar-refractivity contribution in [3.05, 3.63) is 53.6 Å². The maximum absolute atomic E-state index is 13.5. The molecule has 98 valence electrons. The van der Waals surface area contributed by atoms with E-state index in [1.54, 1.807) is 6.07 Å². The largest absolute Gasteiger partial charge is 0.494 e. The monoisotopic (exact) mass is 264 g/mol. The molecule has 0 aliphatic carbocycles. The predicted molar refractivity (Wildman–Crippen MR) is 65.3 cm³/mol. The van der Waals surface area contributed by atoms with Crippen LogP contribution in [0.15, 0.2) is 36.4 Å². The van der Waals surface area contributed by atoms with Crippen LogP contribution in [-0.4, -0.2) is 18.2 Å². The highest BCUT2D eigenvalue weighted by Gasteiger charge is 2.12. The van der Waals surface area contributed by atoms with Gasteiger partial charge in [0.2, 0.25) is 0 Å². The third-order valence-corrected chi connectivity index (χ3v) is 2.68. The Balaban J connectivity index is 2.45. The summed E-state index contributed by atoms with van der Waals surface area (Å²) >= 11 is 0. The fourth-order valence-corrected chi connectivity index (χ4v) is 1.71. The zero-order valence-corrected chi connectivity index (χ0v) is 9.98. The van der Waals surface area contributed by atoms with Crippen LogP contribution in [0, 0.1) is 11.6 Å². The molecule has 0 amide bonds. The molecule has 0 atom stereocenters. The van der Waals surface area contributed by atoms with Gasteiger partial charge in [-0.3, -0.25) is 0 Å². The number of carboxylic acids is 1. The average molecular weight is 264 g/mol. The Kier molecular flexibility index (Phi) is 3.46. The lowest BCUT2D eigenvalue weighted by atomic mass is 10.0. The molecule has 3 nitrogen and oxygen atoms in total. The minimum absolute atomic E-state index is 0.0892. The van der Waals surface area contributed by atoms with Crippen molar-refractivity contribution in [3.63, 3.8) is 0 Å². The summed E-state index contributed by atoms with van der Waals surface area (Å²) in [4.78, 5) is 10.7. The zero-order valence-electron chi connectivity index (χ0n) is 9.98. The van der Waals surface area contributed by atoms with E-state index in [0.29, 0.717) is 11.1 Å². The van der Waals surface area contributed by atoms with Gasteiger partial charge in [0.1, 0.15) is 5.82 Å². The van der Waals surface area contributed by atoms with E-state index in [9.17, 15) is 13.6 Å². The van der Waals surface area contributed by atoms with Crippen molar-refractivity contribution >= 4 is 5.97 Å². The summed E-state index contributed by atoms with van der Waals surface area (Å²) in [5, 5.41) is 8.72. The van der Waals surface area contributed by atoms with Crippen LogP contribution in [0.25, 0.3) is 11.1 Å². The van der Waals surface area contributed by atoms with E-state index in [0.717, 1.165) is 12.1 Å². The van der Waals surface area contributed by atoms with Crippen LogP contribution in [0.4, 0.5) is 8.78 Å². The number of carboxylic acid groups (broad SMARTS) is 1. The van der Waals surface area contributed by atoms with Gasteiger partial charge in [0, 0.05) is 0 Å². The third kappa shape index (κ3) is 2.54. The van der Waals surface area contributed by atoms with Crippen molar-refractivity contribution in [1.29, 1.82) is 0 Å². The summed E-state index contributed by atoms with van der Waals surface area (Å²) in [6.07, 6.45) is 0. The average Bonchev–Trinajstić information content (AvgIpc) is 2.38. The second-order valence-electron chi connectivity index (χ2n) is 3.85. The first kappa shape index (κ1) is 13.0. The Morgan fingerprint density at radius 3 is 2.11 bits per heavy atom. The van der Waals surface area contributed by atoms with Gasteiger partial charge >= 0.3 is 5.97 Å². The molecule has 5 heteroatoms. The zero-order chi connectivity index (χ0) is 14.0. The molecule has 0 radical (unpaired) electrons. The van der Waals surface area contributed by atoms with Crippen molar-refractivity contribution < 1.29 is 23.4 Å². The number of benzene rings is 2. The van der Waals surface area contributed by atoms with Crippen molar-refractivity contribution in [1.82, 2.24) is 0 Å². The summed E-state index contributed by atoms with van der Waals surface area (Å²) in [6, 6.07) is 7.83. The van der Waals surface area contributed by atoms with E-state index in [2.05, 4.69) is 0 Å². The second kappa shape index (κ2) is 5.06. The molecule has 0 saturated heterocycles. The van der Waals surface area contributed by atoms with E-state index in [1.165, 1.54) is 25.3 Å². The first-order chi connectivity index (χ1) is 9.02. The summed E-state index contributed by atoms with van der Waals surface area (Å²) in [5.74, 6) is -2.68. The molecule has 2 aromatic carbocycles. The first-order valence-electron chi connectivity index (χ1n) is 5.39. The molecule has 19 heavy (non-hydrogen) atoms. The number of hydrogen-bond donors (Lipinski definition) is 1. The number of ether oxygens (including phenoxy) is 1. The molecule has 0 spiro atoms. The summed E-state index contributed by atoms with van der Waals surface area (Å²) in [5.41, 5.74) is 0.413. The van der Waals surface area contributed by atoms with Crippen LogP contribution in [0.1, 0.15) is 10.4 Å². The molecule has 0 aliphatic heterocycles. The maximum Gasteiger partial charge on any atom is 0.338 e. The highest BCUT2D eigenvalue weighted by atomic mass is 19.1. The van der Waals surface area contributed by atoms with Crippen LogP contribution in [0.2, 0.25) is 0 Å². The minimum atomic E-state index is -1.34. The van der Waals surface area contributed by atoms with Crippen molar-refractivity contribution in [2.24, 2.45) is 0 Å². The van der Waals surface area contributed by atoms with Gasteiger partial charge in [-0.15, -0.1) is 0 Å². The number of halogens is 2. The molecule has 1 N–H and O–H groups in total. The van der Waals surface area contributed by atoms with Crippen molar-refractivity contribution in [3.8, 4) is 16.9 Å². The van der Waals surface area contributed by atoms with Gasteiger partial charge in [0.25, 0.3) is 0 Å². The third-order valence-electron chi connectivity index (χ3n) is 2.68. The van der Waals surface area contributed by atoms with Gasteiger partial charge < -0.3 is 9.84 Å². The molecule has 0 saturated carbocycles. The van der Waals surface area contributed by atoms with E-state index in [4.69, 9.17) is 9.84 Å².